The summed E-state index contributed by atoms with van der Waals surface area (Å²) < 4.78 is 5.13. The molecule has 0 saturated carbocycles. The number of aliphatic carboxylic acids is 1. The predicted molar refractivity (Wildman–Crippen MR) is 109 cm³/mol. The summed E-state index contributed by atoms with van der Waals surface area (Å²) in [7, 11) is 1.62. The Morgan fingerprint density at radius 1 is 1.00 bits per heavy atom. The Hall–Kier alpha value is -3.32. The highest BCUT2D eigenvalue weighted by molar-refractivity contribution is 8.18. The topological polar surface area (TPSA) is 83.9 Å². The molecule has 0 aromatic heterocycles. The molecule has 3 rings (SSSR count). The highest BCUT2D eigenvalue weighted by atomic mass is 32.2. The third kappa shape index (κ3) is 4.69. The molecule has 0 radical (unpaired) electrons. The quantitative estimate of drug-likeness (QED) is 0.588. The lowest BCUT2D eigenvalue weighted by molar-refractivity contribution is -0.140. The van der Waals surface area contributed by atoms with E-state index in [0.717, 1.165) is 39.1 Å². The first-order chi connectivity index (χ1) is 13.5. The van der Waals surface area contributed by atoms with Gasteiger partial charge in [-0.25, -0.2) is 0 Å². The second-order valence-corrected chi connectivity index (χ2v) is 6.93. The van der Waals surface area contributed by atoms with Crippen LogP contribution in [0.3, 0.4) is 0 Å². The third-order valence-electron chi connectivity index (χ3n) is 3.99. The van der Waals surface area contributed by atoms with Crippen molar-refractivity contribution in [3.63, 3.8) is 0 Å². The van der Waals surface area contributed by atoms with Crippen LogP contribution in [0.15, 0.2) is 53.4 Å². The Balaban J connectivity index is 1.69. The highest BCUT2D eigenvalue weighted by Crippen LogP contribution is 2.32. The van der Waals surface area contributed by atoms with E-state index in [1.165, 1.54) is 0 Å². The van der Waals surface area contributed by atoms with Gasteiger partial charge in [0, 0.05) is 0 Å². The molecule has 0 atom stereocenters. The Bertz CT molecular complexity index is 961. The minimum Gasteiger partial charge on any atom is -0.497 e. The lowest BCUT2D eigenvalue weighted by atomic mass is 10.1. The van der Waals surface area contributed by atoms with Gasteiger partial charge in [-0.15, -0.1) is 0 Å². The summed E-state index contributed by atoms with van der Waals surface area (Å²) in [6.07, 6.45) is 5.53. The summed E-state index contributed by atoms with van der Waals surface area (Å²) in [6, 6.07) is 15.1. The van der Waals surface area contributed by atoms with Gasteiger partial charge in [-0.2, -0.15) is 0 Å². The van der Waals surface area contributed by atoms with Crippen LogP contribution in [0.4, 0.5) is 4.79 Å². The van der Waals surface area contributed by atoms with Crippen molar-refractivity contribution in [3.05, 3.63) is 70.1 Å². The molecule has 28 heavy (non-hydrogen) atoms. The normalized spacial score (nSPS) is 15.6. The van der Waals surface area contributed by atoms with Crippen molar-refractivity contribution in [2.75, 3.05) is 13.7 Å². The number of carboxylic acid groups (broad SMARTS) is 1. The first-order valence-electron chi connectivity index (χ1n) is 8.35. The maximum atomic E-state index is 12.2. The Labute approximate surface area is 166 Å². The summed E-state index contributed by atoms with van der Waals surface area (Å²) in [4.78, 5) is 35.6. The summed E-state index contributed by atoms with van der Waals surface area (Å²) in [6.45, 7) is -0.628. The minimum atomic E-state index is -1.23. The largest absolute Gasteiger partial charge is 0.497 e. The molecule has 1 fully saturated rings. The Morgan fingerprint density at radius 2 is 1.54 bits per heavy atom. The maximum absolute atomic E-state index is 12.2. The number of carboxylic acids is 1. The molecular weight excluding hydrogens is 378 g/mol. The van der Waals surface area contributed by atoms with Gasteiger partial charge in [-0.3, -0.25) is 19.3 Å². The number of amides is 2. The first kappa shape index (κ1) is 19.4. The zero-order valence-electron chi connectivity index (χ0n) is 15.0. The fraction of sp³-hybridized carbons (Fsp3) is 0.0952. The number of rotatable bonds is 6. The van der Waals surface area contributed by atoms with Crippen molar-refractivity contribution in [2.24, 2.45) is 0 Å². The van der Waals surface area contributed by atoms with Crippen molar-refractivity contribution >= 4 is 47.1 Å². The van der Waals surface area contributed by atoms with E-state index in [4.69, 9.17) is 9.84 Å². The average molecular weight is 395 g/mol. The number of hydrogen-bond donors (Lipinski definition) is 1. The second kappa shape index (κ2) is 8.58. The van der Waals surface area contributed by atoms with Crippen LogP contribution in [0.25, 0.3) is 18.2 Å². The van der Waals surface area contributed by atoms with Crippen LogP contribution in [-0.2, 0) is 9.59 Å². The van der Waals surface area contributed by atoms with E-state index in [2.05, 4.69) is 0 Å². The number of carbonyl (C=O) groups excluding carboxylic acids is 2. The Morgan fingerprint density at radius 3 is 2.07 bits per heavy atom. The van der Waals surface area contributed by atoms with Crippen LogP contribution >= 0.6 is 11.8 Å². The van der Waals surface area contributed by atoms with E-state index < -0.39 is 23.7 Å². The lowest BCUT2D eigenvalue weighted by Crippen LogP contribution is -2.33. The van der Waals surface area contributed by atoms with Crippen LogP contribution in [-0.4, -0.2) is 40.8 Å². The molecule has 0 unspecified atom stereocenters. The zero-order chi connectivity index (χ0) is 20.1. The van der Waals surface area contributed by atoms with Gasteiger partial charge < -0.3 is 9.84 Å². The number of benzene rings is 2. The van der Waals surface area contributed by atoms with Crippen molar-refractivity contribution in [1.82, 2.24) is 4.90 Å². The zero-order valence-corrected chi connectivity index (χ0v) is 15.8. The van der Waals surface area contributed by atoms with E-state index in [1.54, 1.807) is 13.2 Å². The molecule has 1 saturated heterocycles. The third-order valence-corrected chi connectivity index (χ3v) is 4.89. The number of carbonyl (C=O) groups is 3. The molecule has 1 N–H and O–H groups in total. The number of thioether (sulfide) groups is 1. The summed E-state index contributed by atoms with van der Waals surface area (Å²) in [5.41, 5.74) is 2.77. The second-order valence-electron chi connectivity index (χ2n) is 5.93. The van der Waals surface area contributed by atoms with Gasteiger partial charge in [0.05, 0.1) is 12.0 Å². The molecule has 2 aromatic rings. The van der Waals surface area contributed by atoms with Crippen LogP contribution in [0.2, 0.25) is 0 Å². The fourth-order valence-corrected chi connectivity index (χ4v) is 3.37. The van der Waals surface area contributed by atoms with Crippen LogP contribution in [0.5, 0.6) is 5.75 Å². The van der Waals surface area contributed by atoms with Gasteiger partial charge in [0.15, 0.2) is 0 Å². The van der Waals surface area contributed by atoms with E-state index in [0.29, 0.717) is 0 Å². The molecule has 0 bridgehead atoms. The number of methoxy groups -OCH3 is 1. The lowest BCUT2D eigenvalue weighted by Gasteiger charge is -2.07. The number of ether oxygens (including phenoxy) is 1. The monoisotopic (exact) mass is 395 g/mol. The minimum absolute atomic E-state index is 0.216. The fourth-order valence-electron chi connectivity index (χ4n) is 2.53. The van der Waals surface area contributed by atoms with E-state index in [-0.39, 0.29) is 4.91 Å². The van der Waals surface area contributed by atoms with Crippen molar-refractivity contribution in [3.8, 4) is 5.75 Å². The molecule has 1 heterocycles. The summed E-state index contributed by atoms with van der Waals surface area (Å²) >= 11 is 0.744. The van der Waals surface area contributed by atoms with E-state index in [1.807, 2.05) is 60.7 Å². The smallest absolute Gasteiger partial charge is 0.323 e. The summed E-state index contributed by atoms with van der Waals surface area (Å²) in [5.74, 6) is -1.01. The molecule has 1 aliphatic heterocycles. The highest BCUT2D eigenvalue weighted by Gasteiger charge is 2.36. The number of hydrogen-bond acceptors (Lipinski definition) is 5. The standard InChI is InChI=1S/C21H17NO5S/c1-27-17-10-8-15(9-11-17)3-2-14-4-6-16(7-5-14)12-18-20(25)22(13-19(23)24)21(26)28-18/h2-12H,13H2,1H3,(H,23,24)/b3-2+,18-12-. The van der Waals surface area contributed by atoms with E-state index in [9.17, 15) is 14.4 Å². The van der Waals surface area contributed by atoms with Crippen molar-refractivity contribution in [1.29, 1.82) is 0 Å². The molecular formula is C21H17NO5S. The molecule has 2 aromatic carbocycles. The molecule has 6 nitrogen and oxygen atoms in total. The van der Waals surface area contributed by atoms with Gasteiger partial charge in [0.2, 0.25) is 0 Å². The molecule has 0 spiro atoms. The SMILES string of the molecule is COc1ccc(/C=C/c2ccc(/C=C3\SC(=O)N(CC(=O)O)C3=O)cc2)cc1. The van der Waals surface area contributed by atoms with Crippen LogP contribution < -0.4 is 4.74 Å². The first-order valence-corrected chi connectivity index (χ1v) is 9.17. The van der Waals surface area contributed by atoms with Crippen molar-refractivity contribution < 1.29 is 24.2 Å². The molecule has 1 aliphatic rings. The van der Waals surface area contributed by atoms with E-state index >= 15 is 0 Å². The summed E-state index contributed by atoms with van der Waals surface area (Å²) in [5, 5.41) is 8.22. The molecule has 2 amide bonds. The average Bonchev–Trinajstić information content (AvgIpc) is 2.95. The van der Waals surface area contributed by atoms with Gasteiger partial charge in [-0.05, 0) is 46.7 Å². The van der Waals surface area contributed by atoms with Gasteiger partial charge >= 0.3 is 5.97 Å². The predicted octanol–water partition coefficient (Wildman–Crippen LogP) is 3.99. The maximum Gasteiger partial charge on any atom is 0.323 e. The van der Waals surface area contributed by atoms with Gasteiger partial charge in [0.25, 0.3) is 11.1 Å². The Kier molecular flexibility index (Phi) is 5.96. The van der Waals surface area contributed by atoms with Crippen molar-refractivity contribution in [2.45, 2.75) is 0 Å². The molecule has 0 aliphatic carbocycles. The van der Waals surface area contributed by atoms with Crippen LogP contribution in [0.1, 0.15) is 16.7 Å². The molecule has 142 valence electrons. The number of imide groups is 1. The van der Waals surface area contributed by atoms with Crippen LogP contribution in [0, 0.1) is 0 Å². The number of nitrogens with zero attached hydrogens (tertiary/aromatic N) is 1. The molecule has 7 heteroatoms. The van der Waals surface area contributed by atoms with Gasteiger partial charge in [-0.1, -0.05) is 48.6 Å². The van der Waals surface area contributed by atoms with Gasteiger partial charge in [0.1, 0.15) is 12.3 Å².